The fourth-order valence-corrected chi connectivity index (χ4v) is 3.95. The topological polar surface area (TPSA) is 21.8 Å². The van der Waals surface area contributed by atoms with Crippen molar-refractivity contribution in [1.29, 1.82) is 0 Å². The van der Waals surface area contributed by atoms with Crippen LogP contribution in [0.2, 0.25) is 5.02 Å². The first-order valence-electron chi connectivity index (χ1n) is 9.60. The number of hydrogen-bond acceptors (Lipinski definition) is 2. The zero-order valence-corrected chi connectivity index (χ0v) is 16.7. The molecular weight excluding hydrogens is 413 g/mol. The van der Waals surface area contributed by atoms with E-state index in [9.17, 15) is 13.2 Å². The third kappa shape index (κ3) is 4.24. The number of halogens is 4. The first-order chi connectivity index (χ1) is 14.4. The van der Waals surface area contributed by atoms with E-state index < -0.39 is 17.7 Å². The average molecular weight is 433 g/mol. The van der Waals surface area contributed by atoms with Gasteiger partial charge in [-0.25, -0.2) is 0 Å². The van der Waals surface area contributed by atoms with Gasteiger partial charge in [-0.15, -0.1) is 0 Å². The fraction of sp³-hybridized carbons (Fsp3) is 0.250. The molecule has 3 aromatic rings. The van der Waals surface area contributed by atoms with Crippen molar-refractivity contribution < 1.29 is 22.6 Å². The van der Waals surface area contributed by atoms with Gasteiger partial charge in [0.25, 0.3) is 0 Å². The van der Waals surface area contributed by atoms with Gasteiger partial charge in [-0.2, -0.15) is 13.2 Å². The minimum Gasteiger partial charge on any atom is -0.371 e. The molecule has 2 nitrogen and oxygen atoms in total. The molecule has 3 aromatic carbocycles. The molecule has 6 heteroatoms. The predicted octanol–water partition coefficient (Wildman–Crippen LogP) is 6.35. The van der Waals surface area contributed by atoms with E-state index in [-0.39, 0.29) is 18.3 Å². The molecule has 4 rings (SSSR count). The summed E-state index contributed by atoms with van der Waals surface area (Å²) in [5.74, 6) is -1.95. The molecule has 0 aromatic heterocycles. The number of ether oxygens (including phenoxy) is 2. The van der Waals surface area contributed by atoms with E-state index in [2.05, 4.69) is 0 Å². The molecule has 156 valence electrons. The van der Waals surface area contributed by atoms with Crippen LogP contribution in [-0.4, -0.2) is 25.5 Å². The molecule has 0 bridgehead atoms. The molecule has 2 atom stereocenters. The summed E-state index contributed by atoms with van der Waals surface area (Å²) in [6.07, 6.45) is -4.79. The van der Waals surface area contributed by atoms with Crippen LogP contribution in [0.25, 0.3) is 0 Å². The lowest BCUT2D eigenvalue weighted by molar-refractivity contribution is -0.203. The van der Waals surface area contributed by atoms with Gasteiger partial charge in [0, 0.05) is 5.02 Å². The van der Waals surface area contributed by atoms with Gasteiger partial charge in [-0.1, -0.05) is 84.4 Å². The Morgan fingerprint density at radius 2 is 1.37 bits per heavy atom. The average Bonchev–Trinajstić information content (AvgIpc) is 3.57. The summed E-state index contributed by atoms with van der Waals surface area (Å²) >= 11 is 5.96. The van der Waals surface area contributed by atoms with Crippen LogP contribution in [0.15, 0.2) is 84.9 Å². The maximum atomic E-state index is 14.8. The highest BCUT2D eigenvalue weighted by Gasteiger charge is 2.57. The van der Waals surface area contributed by atoms with Crippen molar-refractivity contribution in [3.8, 4) is 0 Å². The molecule has 0 N–H and O–H groups in total. The highest BCUT2D eigenvalue weighted by Crippen LogP contribution is 2.53. The van der Waals surface area contributed by atoms with E-state index >= 15 is 0 Å². The van der Waals surface area contributed by atoms with Crippen molar-refractivity contribution in [2.45, 2.75) is 23.8 Å². The van der Waals surface area contributed by atoms with E-state index in [1.807, 2.05) is 0 Å². The molecule has 1 saturated heterocycles. The van der Waals surface area contributed by atoms with Crippen molar-refractivity contribution in [2.24, 2.45) is 0 Å². The van der Waals surface area contributed by atoms with Crippen LogP contribution < -0.4 is 0 Å². The Kier molecular flexibility index (Phi) is 5.87. The Morgan fingerprint density at radius 1 is 0.867 bits per heavy atom. The Balaban J connectivity index is 1.98. The summed E-state index contributed by atoms with van der Waals surface area (Å²) in [5, 5.41) is 0.372. The number of epoxide rings is 1. The largest absolute Gasteiger partial charge is 0.399 e. The van der Waals surface area contributed by atoms with E-state index in [1.165, 1.54) is 24.3 Å². The van der Waals surface area contributed by atoms with Crippen molar-refractivity contribution in [3.05, 3.63) is 107 Å². The highest BCUT2D eigenvalue weighted by molar-refractivity contribution is 6.30. The molecule has 0 spiro atoms. The molecule has 30 heavy (non-hydrogen) atoms. The third-order valence-electron chi connectivity index (χ3n) is 5.24. The maximum Gasteiger partial charge on any atom is 0.399 e. The lowest BCUT2D eigenvalue weighted by Crippen LogP contribution is -2.45. The number of hydrogen-bond donors (Lipinski definition) is 0. The standard InChI is InChI=1S/C24H20ClF3O2/c25-20-13-11-17(12-14-20)22(24(26,27)28)23(30-16-21-15-29-21,18-7-3-1-4-8-18)19-9-5-2-6-10-19/h1-14,21-22H,15-16H2. The molecule has 1 aliphatic heterocycles. The lowest BCUT2D eigenvalue weighted by atomic mass is 9.72. The first-order valence-corrected chi connectivity index (χ1v) is 9.98. The van der Waals surface area contributed by atoms with Gasteiger partial charge in [-0.05, 0) is 28.8 Å². The second kappa shape index (κ2) is 8.42. The van der Waals surface area contributed by atoms with Crippen molar-refractivity contribution in [2.75, 3.05) is 13.2 Å². The van der Waals surface area contributed by atoms with Gasteiger partial charge in [0.1, 0.15) is 17.6 Å². The molecule has 0 radical (unpaired) electrons. The summed E-state index contributed by atoms with van der Waals surface area (Å²) in [6.45, 7) is 0.543. The lowest BCUT2D eigenvalue weighted by Gasteiger charge is -2.42. The Hall–Kier alpha value is -2.34. The highest BCUT2D eigenvalue weighted by atomic mass is 35.5. The van der Waals surface area contributed by atoms with Gasteiger partial charge in [0.15, 0.2) is 0 Å². The number of rotatable bonds is 7. The smallest absolute Gasteiger partial charge is 0.371 e. The zero-order valence-electron chi connectivity index (χ0n) is 16.0. The third-order valence-corrected chi connectivity index (χ3v) is 5.49. The van der Waals surface area contributed by atoms with Gasteiger partial charge in [0.05, 0.1) is 13.2 Å². The van der Waals surface area contributed by atoms with Gasteiger partial charge < -0.3 is 9.47 Å². The summed E-state index contributed by atoms with van der Waals surface area (Å²) in [7, 11) is 0. The van der Waals surface area contributed by atoms with Crippen molar-refractivity contribution >= 4 is 11.6 Å². The van der Waals surface area contributed by atoms with Crippen LogP contribution in [0.3, 0.4) is 0 Å². The van der Waals surface area contributed by atoms with Crippen LogP contribution in [-0.2, 0) is 15.1 Å². The molecule has 1 fully saturated rings. The normalized spacial score (nSPS) is 17.5. The van der Waals surface area contributed by atoms with Gasteiger partial charge in [0.2, 0.25) is 0 Å². The Morgan fingerprint density at radius 3 is 1.80 bits per heavy atom. The van der Waals surface area contributed by atoms with E-state index in [0.717, 1.165) is 0 Å². The van der Waals surface area contributed by atoms with E-state index in [1.54, 1.807) is 60.7 Å². The molecule has 0 aliphatic carbocycles. The molecule has 0 saturated carbocycles. The van der Waals surface area contributed by atoms with Crippen LogP contribution in [0.5, 0.6) is 0 Å². The second-order valence-electron chi connectivity index (χ2n) is 7.26. The number of benzene rings is 3. The number of alkyl halides is 3. The SMILES string of the molecule is FC(F)(F)C(c1ccc(Cl)cc1)C(OCC1CO1)(c1ccccc1)c1ccccc1. The summed E-state index contributed by atoms with van der Waals surface area (Å²) < 4.78 is 55.8. The summed E-state index contributed by atoms with van der Waals surface area (Å²) in [6, 6.07) is 22.9. The minimum atomic E-state index is -4.59. The Labute approximate surface area is 178 Å². The molecule has 1 heterocycles. The first kappa shape index (κ1) is 20.9. The van der Waals surface area contributed by atoms with Crippen LogP contribution in [0, 0.1) is 0 Å². The van der Waals surface area contributed by atoms with Crippen LogP contribution in [0.4, 0.5) is 13.2 Å². The minimum absolute atomic E-state index is 0.0595. The van der Waals surface area contributed by atoms with Gasteiger partial charge >= 0.3 is 6.18 Å². The summed E-state index contributed by atoms with van der Waals surface area (Å²) in [5.41, 5.74) is -0.861. The second-order valence-corrected chi connectivity index (χ2v) is 7.70. The fourth-order valence-electron chi connectivity index (χ4n) is 3.82. The van der Waals surface area contributed by atoms with Crippen molar-refractivity contribution in [3.63, 3.8) is 0 Å². The molecule has 2 unspecified atom stereocenters. The maximum absolute atomic E-state index is 14.8. The quantitative estimate of drug-likeness (QED) is 0.406. The molecular formula is C24H20ClF3O2. The van der Waals surface area contributed by atoms with E-state index in [4.69, 9.17) is 21.1 Å². The van der Waals surface area contributed by atoms with E-state index in [0.29, 0.717) is 22.8 Å². The molecule has 1 aliphatic rings. The summed E-state index contributed by atoms with van der Waals surface area (Å²) in [4.78, 5) is 0. The zero-order chi connectivity index (χ0) is 21.2. The molecule has 0 amide bonds. The monoisotopic (exact) mass is 432 g/mol. The van der Waals surface area contributed by atoms with Crippen LogP contribution >= 0.6 is 11.6 Å². The van der Waals surface area contributed by atoms with Gasteiger partial charge in [-0.3, -0.25) is 0 Å². The van der Waals surface area contributed by atoms with Crippen LogP contribution in [0.1, 0.15) is 22.6 Å². The van der Waals surface area contributed by atoms with Crippen molar-refractivity contribution in [1.82, 2.24) is 0 Å². The Bertz CT molecular complexity index is 916. The predicted molar refractivity (Wildman–Crippen MR) is 110 cm³/mol.